The Morgan fingerprint density at radius 1 is 1.37 bits per heavy atom. The van der Waals surface area contributed by atoms with Crippen LogP contribution in [-0.2, 0) is 0 Å². The molecule has 2 unspecified atom stereocenters. The topological polar surface area (TPSA) is 32.5 Å². The highest BCUT2D eigenvalue weighted by Crippen LogP contribution is 2.31. The quantitative estimate of drug-likeness (QED) is 0.931. The maximum Gasteiger partial charge on any atom is 0.0454 e. The lowest BCUT2D eigenvalue weighted by Crippen LogP contribution is -2.55. The average Bonchev–Trinajstić information content (AvgIpc) is 2.40. The molecule has 1 aromatic carbocycles. The van der Waals surface area contributed by atoms with Crippen LogP contribution in [-0.4, -0.2) is 49.1 Å². The number of hydrogen-bond donors (Lipinski definition) is 1. The van der Waals surface area contributed by atoms with Gasteiger partial charge in [-0.25, -0.2) is 0 Å². The minimum absolute atomic E-state index is 0.230. The zero-order valence-corrected chi connectivity index (χ0v) is 13.0. The highest BCUT2D eigenvalue weighted by Gasteiger charge is 2.29. The van der Waals surface area contributed by atoms with Gasteiger partial charge in [-0.2, -0.15) is 0 Å². The van der Waals surface area contributed by atoms with Crippen LogP contribution in [0.15, 0.2) is 18.2 Å². The summed E-state index contributed by atoms with van der Waals surface area (Å²) in [5.74, 6) is 0. The van der Waals surface area contributed by atoms with Gasteiger partial charge in [-0.1, -0.05) is 23.2 Å². The molecule has 106 valence electrons. The summed E-state index contributed by atoms with van der Waals surface area (Å²) in [7, 11) is 2.14. The molecular formula is C14H21Cl2N3. The van der Waals surface area contributed by atoms with E-state index in [4.69, 9.17) is 28.9 Å². The summed E-state index contributed by atoms with van der Waals surface area (Å²) in [5, 5.41) is 1.50. The first kappa shape index (κ1) is 15.1. The number of likely N-dealkylation sites (N-methyl/N-ethyl adjacent to an activating group) is 1. The van der Waals surface area contributed by atoms with Crippen molar-refractivity contribution in [3.63, 3.8) is 0 Å². The molecule has 1 saturated heterocycles. The fourth-order valence-electron chi connectivity index (χ4n) is 2.76. The van der Waals surface area contributed by atoms with Crippen molar-refractivity contribution < 1.29 is 0 Å². The first-order valence-corrected chi connectivity index (χ1v) is 7.37. The number of benzene rings is 1. The number of hydrogen-bond acceptors (Lipinski definition) is 3. The maximum absolute atomic E-state index is 6.30. The molecule has 0 aromatic heterocycles. The molecule has 1 fully saturated rings. The smallest absolute Gasteiger partial charge is 0.0454 e. The van der Waals surface area contributed by atoms with Gasteiger partial charge in [0.2, 0.25) is 0 Å². The van der Waals surface area contributed by atoms with Crippen LogP contribution in [0.25, 0.3) is 0 Å². The fraction of sp³-hybridized carbons (Fsp3) is 0.571. The summed E-state index contributed by atoms with van der Waals surface area (Å²) >= 11 is 12.4. The minimum atomic E-state index is 0.230. The molecule has 2 rings (SSSR count). The van der Waals surface area contributed by atoms with E-state index in [0.717, 1.165) is 35.2 Å². The number of rotatable bonds is 3. The summed E-state index contributed by atoms with van der Waals surface area (Å²) in [4.78, 5) is 4.75. The third-order valence-corrected chi connectivity index (χ3v) is 4.49. The molecule has 19 heavy (non-hydrogen) atoms. The summed E-state index contributed by atoms with van der Waals surface area (Å²) in [5.41, 5.74) is 6.99. The van der Waals surface area contributed by atoms with Gasteiger partial charge >= 0.3 is 0 Å². The predicted molar refractivity (Wildman–Crippen MR) is 81.9 cm³/mol. The van der Waals surface area contributed by atoms with Crippen molar-refractivity contribution in [1.82, 2.24) is 9.80 Å². The predicted octanol–water partition coefficient (Wildman–Crippen LogP) is 2.63. The van der Waals surface area contributed by atoms with E-state index in [1.54, 1.807) is 0 Å². The average molecular weight is 302 g/mol. The second kappa shape index (κ2) is 6.42. The second-order valence-electron chi connectivity index (χ2n) is 5.23. The second-order valence-corrected chi connectivity index (χ2v) is 6.08. The molecule has 2 N–H and O–H groups in total. The van der Waals surface area contributed by atoms with Gasteiger partial charge in [0.15, 0.2) is 0 Å². The van der Waals surface area contributed by atoms with Gasteiger partial charge in [-0.05, 0) is 37.7 Å². The maximum atomic E-state index is 6.30. The van der Waals surface area contributed by atoms with Crippen LogP contribution in [0, 0.1) is 0 Å². The van der Waals surface area contributed by atoms with Crippen molar-refractivity contribution >= 4 is 23.2 Å². The molecule has 2 atom stereocenters. The lowest BCUT2D eigenvalue weighted by Gasteiger charge is -2.43. The molecule has 1 aliphatic heterocycles. The normalized spacial score (nSPS) is 23.5. The summed E-state index contributed by atoms with van der Waals surface area (Å²) in [6, 6.07) is 6.24. The number of nitrogens with two attached hydrogens (primary N) is 1. The zero-order valence-electron chi connectivity index (χ0n) is 11.4. The van der Waals surface area contributed by atoms with E-state index < -0.39 is 0 Å². The summed E-state index contributed by atoms with van der Waals surface area (Å²) in [6.07, 6.45) is 0. The molecular weight excluding hydrogens is 281 g/mol. The molecule has 0 aliphatic carbocycles. The van der Waals surface area contributed by atoms with Crippen LogP contribution in [0.2, 0.25) is 10.0 Å². The van der Waals surface area contributed by atoms with Gasteiger partial charge in [0, 0.05) is 48.3 Å². The van der Waals surface area contributed by atoms with Gasteiger partial charge in [0.25, 0.3) is 0 Å². The van der Waals surface area contributed by atoms with E-state index in [0.29, 0.717) is 12.6 Å². The van der Waals surface area contributed by atoms with Gasteiger partial charge in [-0.15, -0.1) is 0 Å². The van der Waals surface area contributed by atoms with E-state index in [9.17, 15) is 0 Å². The SMILES string of the molecule is CC(c1cc(Cl)ccc1Cl)N1CCN(C)CC1CN. The Hall–Kier alpha value is -0.320. The van der Waals surface area contributed by atoms with E-state index in [1.165, 1.54) is 0 Å². The molecule has 0 radical (unpaired) electrons. The van der Waals surface area contributed by atoms with Crippen molar-refractivity contribution in [2.24, 2.45) is 5.73 Å². The highest BCUT2D eigenvalue weighted by molar-refractivity contribution is 6.33. The minimum Gasteiger partial charge on any atom is -0.329 e. The van der Waals surface area contributed by atoms with E-state index in [1.807, 2.05) is 18.2 Å². The first-order chi connectivity index (χ1) is 9.02. The third kappa shape index (κ3) is 3.41. The standard InChI is InChI=1S/C14H21Cl2N3/c1-10(13-7-11(15)3-4-14(13)16)19-6-5-18(2)9-12(19)8-17/h3-4,7,10,12H,5-6,8-9,17H2,1-2H3. The summed E-state index contributed by atoms with van der Waals surface area (Å²) < 4.78 is 0. The van der Waals surface area contributed by atoms with Crippen LogP contribution in [0.5, 0.6) is 0 Å². The van der Waals surface area contributed by atoms with Crippen LogP contribution in [0.3, 0.4) is 0 Å². The molecule has 0 spiro atoms. The number of halogens is 2. The lowest BCUT2D eigenvalue weighted by molar-refractivity contribution is 0.0621. The highest BCUT2D eigenvalue weighted by atomic mass is 35.5. The van der Waals surface area contributed by atoms with Crippen molar-refractivity contribution in [3.05, 3.63) is 33.8 Å². The molecule has 0 saturated carbocycles. The molecule has 0 amide bonds. The van der Waals surface area contributed by atoms with Crippen molar-refractivity contribution in [2.75, 3.05) is 33.2 Å². The zero-order chi connectivity index (χ0) is 14.0. The van der Waals surface area contributed by atoms with Gasteiger partial charge in [0.05, 0.1) is 0 Å². The van der Waals surface area contributed by atoms with Crippen molar-refractivity contribution in [3.8, 4) is 0 Å². The van der Waals surface area contributed by atoms with E-state index in [2.05, 4.69) is 23.8 Å². The van der Waals surface area contributed by atoms with E-state index in [-0.39, 0.29) is 6.04 Å². The molecule has 1 heterocycles. The van der Waals surface area contributed by atoms with Gasteiger partial charge in [0.1, 0.15) is 0 Å². The molecule has 0 bridgehead atoms. The van der Waals surface area contributed by atoms with Gasteiger partial charge < -0.3 is 10.6 Å². The first-order valence-electron chi connectivity index (χ1n) is 6.62. The Labute approximate surface area is 125 Å². The summed E-state index contributed by atoms with van der Waals surface area (Å²) in [6.45, 7) is 5.89. The largest absolute Gasteiger partial charge is 0.329 e. The Balaban J connectivity index is 2.22. The lowest BCUT2D eigenvalue weighted by atomic mass is 10.0. The molecule has 3 nitrogen and oxygen atoms in total. The van der Waals surface area contributed by atoms with E-state index >= 15 is 0 Å². The Kier molecular flexibility index (Phi) is 5.09. The number of nitrogens with zero attached hydrogens (tertiary/aromatic N) is 2. The van der Waals surface area contributed by atoms with Crippen LogP contribution in [0.4, 0.5) is 0 Å². The van der Waals surface area contributed by atoms with Crippen LogP contribution < -0.4 is 5.73 Å². The van der Waals surface area contributed by atoms with Crippen LogP contribution in [0.1, 0.15) is 18.5 Å². The van der Waals surface area contributed by atoms with Gasteiger partial charge in [-0.3, -0.25) is 4.90 Å². The van der Waals surface area contributed by atoms with Crippen LogP contribution >= 0.6 is 23.2 Å². The van der Waals surface area contributed by atoms with Crippen molar-refractivity contribution in [2.45, 2.75) is 19.0 Å². The Morgan fingerprint density at radius 2 is 2.11 bits per heavy atom. The van der Waals surface area contributed by atoms with Crippen molar-refractivity contribution in [1.29, 1.82) is 0 Å². The Bertz CT molecular complexity index is 439. The molecule has 1 aliphatic rings. The monoisotopic (exact) mass is 301 g/mol. The third-order valence-electron chi connectivity index (χ3n) is 3.91. The molecule has 5 heteroatoms. The fourth-order valence-corrected chi connectivity index (χ4v) is 3.21. The molecule has 1 aromatic rings. The number of piperazine rings is 1. The Morgan fingerprint density at radius 3 is 2.79 bits per heavy atom.